The van der Waals surface area contributed by atoms with E-state index in [1.807, 2.05) is 0 Å². The van der Waals surface area contributed by atoms with E-state index in [-0.39, 0.29) is 0 Å². The summed E-state index contributed by atoms with van der Waals surface area (Å²) in [5.74, 6) is 1.17. The molecule has 1 aliphatic carbocycles. The highest BCUT2D eigenvalue weighted by Gasteiger charge is 2.20. The van der Waals surface area contributed by atoms with Crippen LogP contribution in [-0.4, -0.2) is 32.4 Å². The molecule has 0 unspecified atom stereocenters. The number of nitrogens with zero attached hydrogens (tertiary/aromatic N) is 4. The van der Waals surface area contributed by atoms with Gasteiger partial charge in [-0.25, -0.2) is 0 Å². The minimum absolute atomic E-state index is 0.511. The summed E-state index contributed by atoms with van der Waals surface area (Å²) >= 11 is 1.26. The van der Waals surface area contributed by atoms with Crippen LogP contribution in [0.4, 0.5) is 0 Å². The Morgan fingerprint density at radius 1 is 1.44 bits per heavy atom. The maximum Gasteiger partial charge on any atom is 0.261 e. The number of hydrogen-bond donors (Lipinski definition) is 1. The SMILES string of the molecule is c1nnsc1-c1nnc(CCNC2CC2)o1. The third-order valence-electron chi connectivity index (χ3n) is 2.39. The van der Waals surface area contributed by atoms with Crippen molar-refractivity contribution in [3.05, 3.63) is 12.1 Å². The zero-order chi connectivity index (χ0) is 10.8. The zero-order valence-electron chi connectivity index (χ0n) is 8.59. The van der Waals surface area contributed by atoms with E-state index < -0.39 is 0 Å². The summed E-state index contributed by atoms with van der Waals surface area (Å²) in [6, 6.07) is 0.716. The Labute approximate surface area is 96.2 Å². The van der Waals surface area contributed by atoms with Crippen molar-refractivity contribution in [2.45, 2.75) is 25.3 Å². The van der Waals surface area contributed by atoms with Crippen LogP contribution in [-0.2, 0) is 6.42 Å². The van der Waals surface area contributed by atoms with Gasteiger partial charge in [-0.05, 0) is 24.4 Å². The lowest BCUT2D eigenvalue weighted by molar-refractivity contribution is 0.495. The Bertz CT molecular complexity index is 450. The van der Waals surface area contributed by atoms with Crippen LogP contribution in [0.15, 0.2) is 10.6 Å². The highest BCUT2D eigenvalue weighted by Crippen LogP contribution is 2.20. The molecule has 16 heavy (non-hydrogen) atoms. The third kappa shape index (κ3) is 2.25. The van der Waals surface area contributed by atoms with Crippen molar-refractivity contribution in [2.75, 3.05) is 6.54 Å². The smallest absolute Gasteiger partial charge is 0.261 e. The van der Waals surface area contributed by atoms with Crippen LogP contribution < -0.4 is 5.32 Å². The van der Waals surface area contributed by atoms with Gasteiger partial charge in [-0.1, -0.05) is 4.49 Å². The molecule has 0 radical (unpaired) electrons. The van der Waals surface area contributed by atoms with Gasteiger partial charge >= 0.3 is 0 Å². The average molecular weight is 237 g/mol. The summed E-state index contributed by atoms with van der Waals surface area (Å²) in [4.78, 5) is 0.814. The fourth-order valence-corrected chi connectivity index (χ4v) is 1.82. The molecule has 0 bridgehead atoms. The van der Waals surface area contributed by atoms with Crippen LogP contribution in [0.25, 0.3) is 10.8 Å². The van der Waals surface area contributed by atoms with Crippen molar-refractivity contribution in [2.24, 2.45) is 0 Å². The summed E-state index contributed by atoms with van der Waals surface area (Å²) in [6.45, 7) is 0.896. The quantitative estimate of drug-likeness (QED) is 0.832. The summed E-state index contributed by atoms with van der Waals surface area (Å²) < 4.78 is 9.25. The van der Waals surface area contributed by atoms with Crippen LogP contribution in [0.3, 0.4) is 0 Å². The van der Waals surface area contributed by atoms with Crippen LogP contribution in [0.2, 0.25) is 0 Å². The second-order valence-corrected chi connectivity index (χ2v) is 4.55. The first-order valence-electron chi connectivity index (χ1n) is 5.25. The molecule has 0 spiro atoms. The van der Waals surface area contributed by atoms with E-state index in [2.05, 4.69) is 25.1 Å². The van der Waals surface area contributed by atoms with Gasteiger partial charge in [0, 0.05) is 19.0 Å². The molecule has 2 aromatic heterocycles. The molecule has 2 aromatic rings. The van der Waals surface area contributed by atoms with Gasteiger partial charge in [0.15, 0.2) is 0 Å². The number of hydrogen-bond acceptors (Lipinski definition) is 7. The van der Waals surface area contributed by atoms with Crippen molar-refractivity contribution >= 4 is 11.5 Å². The minimum Gasteiger partial charge on any atom is -0.420 e. The van der Waals surface area contributed by atoms with E-state index >= 15 is 0 Å². The van der Waals surface area contributed by atoms with E-state index in [9.17, 15) is 0 Å². The van der Waals surface area contributed by atoms with Gasteiger partial charge in [0.1, 0.15) is 4.88 Å². The van der Waals surface area contributed by atoms with Crippen molar-refractivity contribution in [1.82, 2.24) is 25.1 Å². The largest absolute Gasteiger partial charge is 0.420 e. The Hall–Kier alpha value is -1.34. The average Bonchev–Trinajstić information content (AvgIpc) is 2.83. The number of nitrogens with one attached hydrogen (secondary N) is 1. The lowest BCUT2D eigenvalue weighted by atomic mass is 10.4. The maximum atomic E-state index is 5.50. The summed E-state index contributed by atoms with van der Waals surface area (Å²) in [6.07, 6.45) is 4.99. The van der Waals surface area contributed by atoms with Crippen molar-refractivity contribution < 1.29 is 4.42 Å². The molecular weight excluding hydrogens is 226 g/mol. The molecule has 84 valence electrons. The number of aromatic nitrogens is 4. The lowest BCUT2D eigenvalue weighted by Gasteiger charge is -1.97. The molecule has 1 saturated carbocycles. The molecule has 7 heteroatoms. The van der Waals surface area contributed by atoms with Crippen molar-refractivity contribution in [3.63, 3.8) is 0 Å². The molecule has 0 amide bonds. The van der Waals surface area contributed by atoms with E-state index in [1.165, 1.54) is 24.4 Å². The van der Waals surface area contributed by atoms with Crippen molar-refractivity contribution in [3.8, 4) is 10.8 Å². The fourth-order valence-electron chi connectivity index (χ4n) is 1.39. The Kier molecular flexibility index (Phi) is 2.63. The summed E-state index contributed by atoms with van der Waals surface area (Å²) in [5, 5.41) is 15.1. The monoisotopic (exact) mass is 237 g/mol. The van der Waals surface area contributed by atoms with E-state index in [4.69, 9.17) is 4.42 Å². The first-order chi connectivity index (χ1) is 7.92. The van der Waals surface area contributed by atoms with Crippen molar-refractivity contribution in [1.29, 1.82) is 0 Å². The van der Waals surface area contributed by atoms with Crippen LogP contribution >= 0.6 is 11.5 Å². The van der Waals surface area contributed by atoms with Gasteiger partial charge in [0.05, 0.1) is 6.20 Å². The van der Waals surface area contributed by atoms with Crippen LogP contribution in [0.1, 0.15) is 18.7 Å². The van der Waals surface area contributed by atoms with Gasteiger partial charge < -0.3 is 9.73 Å². The van der Waals surface area contributed by atoms with Gasteiger partial charge in [-0.3, -0.25) is 0 Å². The predicted molar refractivity (Wildman–Crippen MR) is 57.9 cm³/mol. The maximum absolute atomic E-state index is 5.50. The molecular formula is C9H11N5OS. The first kappa shape index (κ1) is 9.86. The van der Waals surface area contributed by atoms with E-state index in [1.54, 1.807) is 6.20 Å². The highest BCUT2D eigenvalue weighted by atomic mass is 32.1. The Morgan fingerprint density at radius 2 is 2.38 bits per heavy atom. The molecule has 0 aliphatic heterocycles. The van der Waals surface area contributed by atoms with Gasteiger partial charge in [-0.15, -0.1) is 15.3 Å². The summed E-state index contributed by atoms with van der Waals surface area (Å²) in [7, 11) is 0. The molecule has 0 atom stereocenters. The molecule has 0 aromatic carbocycles. The molecule has 3 rings (SSSR count). The molecule has 0 saturated heterocycles. The minimum atomic E-state index is 0.511. The van der Waals surface area contributed by atoms with Crippen LogP contribution in [0.5, 0.6) is 0 Å². The van der Waals surface area contributed by atoms with E-state index in [0.29, 0.717) is 17.8 Å². The van der Waals surface area contributed by atoms with Gasteiger partial charge in [-0.2, -0.15) is 0 Å². The second-order valence-electron chi connectivity index (χ2n) is 3.76. The van der Waals surface area contributed by atoms with Crippen LogP contribution in [0, 0.1) is 0 Å². The topological polar surface area (TPSA) is 76.7 Å². The molecule has 2 heterocycles. The third-order valence-corrected chi connectivity index (χ3v) is 3.04. The normalized spacial score (nSPS) is 15.5. The highest BCUT2D eigenvalue weighted by molar-refractivity contribution is 7.09. The summed E-state index contributed by atoms with van der Waals surface area (Å²) in [5.41, 5.74) is 0. The van der Waals surface area contributed by atoms with E-state index in [0.717, 1.165) is 17.8 Å². The molecule has 1 aliphatic rings. The standard InChI is InChI=1S/C9H11N5OS/c1-2-6(1)10-4-3-8-12-13-9(15-8)7-5-11-14-16-7/h5-6,10H,1-4H2. The second kappa shape index (κ2) is 4.26. The fraction of sp³-hybridized carbons (Fsp3) is 0.556. The van der Waals surface area contributed by atoms with Gasteiger partial charge in [0.2, 0.25) is 5.89 Å². The zero-order valence-corrected chi connectivity index (χ0v) is 9.40. The Morgan fingerprint density at radius 3 is 3.12 bits per heavy atom. The van der Waals surface area contributed by atoms with Gasteiger partial charge in [0.25, 0.3) is 5.89 Å². The lowest BCUT2D eigenvalue weighted by Crippen LogP contribution is -2.19. The predicted octanol–water partition coefficient (Wildman–Crippen LogP) is 0.883. The molecule has 1 fully saturated rings. The first-order valence-corrected chi connectivity index (χ1v) is 6.02. The molecule has 1 N–H and O–H groups in total. The molecule has 6 nitrogen and oxygen atoms in total. The number of rotatable bonds is 5. The Balaban J connectivity index is 1.59.